The van der Waals surface area contributed by atoms with Crippen LogP contribution in [-0.4, -0.2) is 57.8 Å². The zero-order chi connectivity index (χ0) is 18.9. The van der Waals surface area contributed by atoms with E-state index in [2.05, 4.69) is 6.92 Å². The maximum atomic E-state index is 12.9. The number of amides is 1. The van der Waals surface area contributed by atoms with Crippen molar-refractivity contribution in [2.45, 2.75) is 32.7 Å². The van der Waals surface area contributed by atoms with Gasteiger partial charge in [-0.15, -0.1) is 0 Å². The van der Waals surface area contributed by atoms with Crippen molar-refractivity contribution in [2.24, 2.45) is 5.92 Å². The first kappa shape index (κ1) is 18.8. The number of anilines is 1. The van der Waals surface area contributed by atoms with E-state index < -0.39 is 16.1 Å². The number of ether oxygens (including phenoxy) is 2. The lowest BCUT2D eigenvalue weighted by atomic mass is 9.99. The molecule has 0 aromatic heterocycles. The van der Waals surface area contributed by atoms with Crippen molar-refractivity contribution in [1.82, 2.24) is 4.90 Å². The number of nitrogens with zero attached hydrogens (tertiary/aromatic N) is 2. The molecule has 2 heterocycles. The van der Waals surface area contributed by atoms with E-state index in [1.54, 1.807) is 30.0 Å². The number of benzene rings is 1. The van der Waals surface area contributed by atoms with Crippen LogP contribution in [0.15, 0.2) is 18.2 Å². The number of hydrogen-bond acceptors (Lipinski definition) is 5. The van der Waals surface area contributed by atoms with Crippen LogP contribution in [0.5, 0.6) is 11.5 Å². The monoisotopic (exact) mass is 382 g/mol. The van der Waals surface area contributed by atoms with Crippen molar-refractivity contribution in [2.75, 3.05) is 36.9 Å². The molecule has 1 fully saturated rings. The second kappa shape index (κ2) is 7.34. The van der Waals surface area contributed by atoms with Gasteiger partial charge in [-0.2, -0.15) is 0 Å². The summed E-state index contributed by atoms with van der Waals surface area (Å²) in [6.45, 7) is 6.02. The third-order valence-corrected chi connectivity index (χ3v) is 6.18. The summed E-state index contributed by atoms with van der Waals surface area (Å²) in [5.41, 5.74) is 0.406. The minimum absolute atomic E-state index is 0.169. The minimum Gasteiger partial charge on any atom is -0.486 e. The van der Waals surface area contributed by atoms with Crippen LogP contribution >= 0.6 is 0 Å². The first-order valence-corrected chi connectivity index (χ1v) is 10.8. The number of fused-ring (bicyclic) bond motifs is 1. The molecule has 1 saturated heterocycles. The lowest BCUT2D eigenvalue weighted by Crippen LogP contribution is -2.51. The molecule has 1 aromatic rings. The Morgan fingerprint density at radius 3 is 2.42 bits per heavy atom. The largest absolute Gasteiger partial charge is 0.486 e. The number of hydrogen-bond donors (Lipinski definition) is 0. The Labute approximate surface area is 154 Å². The highest BCUT2D eigenvalue weighted by Crippen LogP contribution is 2.35. The van der Waals surface area contributed by atoms with Crippen LogP contribution in [0.2, 0.25) is 0 Å². The quantitative estimate of drug-likeness (QED) is 0.795. The molecular weight excluding hydrogens is 356 g/mol. The van der Waals surface area contributed by atoms with E-state index in [-0.39, 0.29) is 5.91 Å². The Bertz CT molecular complexity index is 772. The van der Waals surface area contributed by atoms with Gasteiger partial charge in [-0.3, -0.25) is 9.10 Å². The second-order valence-electron chi connectivity index (χ2n) is 7.07. The maximum Gasteiger partial charge on any atom is 0.246 e. The van der Waals surface area contributed by atoms with Crippen molar-refractivity contribution in [3.63, 3.8) is 0 Å². The van der Waals surface area contributed by atoms with Crippen molar-refractivity contribution in [3.05, 3.63) is 18.2 Å². The lowest BCUT2D eigenvalue weighted by molar-refractivity contribution is -0.133. The third kappa shape index (κ3) is 3.90. The summed E-state index contributed by atoms with van der Waals surface area (Å²) in [5.74, 6) is 1.50. The van der Waals surface area contributed by atoms with Gasteiger partial charge in [0.15, 0.2) is 11.5 Å². The molecule has 2 aliphatic rings. The molecule has 0 bridgehead atoms. The number of rotatable bonds is 4. The van der Waals surface area contributed by atoms with E-state index in [4.69, 9.17) is 9.47 Å². The predicted molar refractivity (Wildman–Crippen MR) is 99.2 cm³/mol. The van der Waals surface area contributed by atoms with Gasteiger partial charge in [-0.1, -0.05) is 6.92 Å². The van der Waals surface area contributed by atoms with Crippen molar-refractivity contribution in [1.29, 1.82) is 0 Å². The van der Waals surface area contributed by atoms with Crippen molar-refractivity contribution >= 4 is 21.6 Å². The van der Waals surface area contributed by atoms with Gasteiger partial charge < -0.3 is 14.4 Å². The van der Waals surface area contributed by atoms with Gasteiger partial charge in [-0.05, 0) is 37.8 Å². The number of likely N-dealkylation sites (tertiary alicyclic amines) is 1. The zero-order valence-corrected chi connectivity index (χ0v) is 16.3. The van der Waals surface area contributed by atoms with E-state index in [1.807, 2.05) is 0 Å². The molecule has 3 rings (SSSR count). The predicted octanol–water partition coefficient (Wildman–Crippen LogP) is 1.87. The van der Waals surface area contributed by atoms with Crippen molar-refractivity contribution < 1.29 is 22.7 Å². The van der Waals surface area contributed by atoms with Gasteiger partial charge >= 0.3 is 0 Å². The van der Waals surface area contributed by atoms with Gasteiger partial charge in [0.05, 0.1) is 11.9 Å². The average Bonchev–Trinajstić information content (AvgIpc) is 2.60. The molecule has 7 nitrogen and oxygen atoms in total. The Kier molecular flexibility index (Phi) is 5.32. The third-order valence-electron chi connectivity index (χ3n) is 4.94. The molecule has 0 N–H and O–H groups in total. The van der Waals surface area contributed by atoms with E-state index in [0.29, 0.717) is 49.4 Å². The lowest BCUT2D eigenvalue weighted by Gasteiger charge is -2.36. The minimum atomic E-state index is -3.65. The molecule has 1 amide bonds. The number of carbonyl (C=O) groups excluding carboxylic acids is 1. The smallest absolute Gasteiger partial charge is 0.246 e. The van der Waals surface area contributed by atoms with Crippen LogP contribution in [0.1, 0.15) is 26.7 Å². The molecule has 26 heavy (non-hydrogen) atoms. The summed E-state index contributed by atoms with van der Waals surface area (Å²) in [4.78, 5) is 14.7. The standard InChI is InChI=1S/C18H26N2O5S/c1-13-6-8-19(9-7-13)18(21)14(2)20(26(3,22)23)15-4-5-16-17(12-15)25-11-10-24-16/h4-5,12-14H,6-11H2,1-3H3/t14-/m0/s1. The highest BCUT2D eigenvalue weighted by Gasteiger charge is 2.33. The van der Waals surface area contributed by atoms with E-state index in [9.17, 15) is 13.2 Å². The topological polar surface area (TPSA) is 76.2 Å². The maximum absolute atomic E-state index is 12.9. The SMILES string of the molecule is CC1CCN(C(=O)[C@H](C)N(c2ccc3c(c2)OCCO3)S(C)(=O)=O)CC1. The summed E-state index contributed by atoms with van der Waals surface area (Å²) in [6.07, 6.45) is 3.01. The van der Waals surface area contributed by atoms with E-state index >= 15 is 0 Å². The van der Waals surface area contributed by atoms with Crippen LogP contribution in [0.25, 0.3) is 0 Å². The molecule has 1 atom stereocenters. The normalized spacial score (nSPS) is 19.1. The summed E-state index contributed by atoms with van der Waals surface area (Å²) >= 11 is 0. The molecule has 1 aromatic carbocycles. The molecule has 0 aliphatic carbocycles. The average molecular weight is 382 g/mol. The summed E-state index contributed by atoms with van der Waals surface area (Å²) in [7, 11) is -3.65. The number of sulfonamides is 1. The Balaban J connectivity index is 1.87. The number of carbonyl (C=O) groups is 1. The molecule has 0 saturated carbocycles. The molecule has 8 heteroatoms. The van der Waals surface area contributed by atoms with Gasteiger partial charge in [0.25, 0.3) is 0 Å². The molecule has 0 unspecified atom stereocenters. The van der Waals surface area contributed by atoms with Crippen molar-refractivity contribution in [3.8, 4) is 11.5 Å². The van der Waals surface area contributed by atoms with Gasteiger partial charge in [0.1, 0.15) is 19.3 Å². The number of piperidine rings is 1. The van der Waals surface area contributed by atoms with Gasteiger partial charge in [0, 0.05) is 19.2 Å². The van der Waals surface area contributed by atoms with Gasteiger partial charge in [-0.25, -0.2) is 8.42 Å². The van der Waals surface area contributed by atoms with E-state index in [1.165, 1.54) is 4.31 Å². The highest BCUT2D eigenvalue weighted by atomic mass is 32.2. The van der Waals surface area contributed by atoms with Crippen LogP contribution in [0.3, 0.4) is 0 Å². The molecular formula is C18H26N2O5S. The van der Waals surface area contributed by atoms with Crippen LogP contribution in [0.4, 0.5) is 5.69 Å². The van der Waals surface area contributed by atoms with E-state index in [0.717, 1.165) is 19.1 Å². The zero-order valence-electron chi connectivity index (χ0n) is 15.5. The Morgan fingerprint density at radius 2 is 1.81 bits per heavy atom. The van der Waals surface area contributed by atoms with Crippen LogP contribution < -0.4 is 13.8 Å². The molecule has 144 valence electrons. The Hall–Kier alpha value is -1.96. The second-order valence-corrected chi connectivity index (χ2v) is 8.93. The fourth-order valence-electron chi connectivity index (χ4n) is 3.46. The summed E-state index contributed by atoms with van der Waals surface area (Å²) in [6, 6.07) is 4.14. The van der Waals surface area contributed by atoms with Crippen LogP contribution in [0, 0.1) is 5.92 Å². The summed E-state index contributed by atoms with van der Waals surface area (Å²) in [5, 5.41) is 0. The van der Waals surface area contributed by atoms with Gasteiger partial charge in [0.2, 0.25) is 15.9 Å². The molecule has 0 radical (unpaired) electrons. The molecule has 2 aliphatic heterocycles. The van der Waals surface area contributed by atoms with Crippen LogP contribution in [-0.2, 0) is 14.8 Å². The highest BCUT2D eigenvalue weighted by molar-refractivity contribution is 7.92. The Morgan fingerprint density at radius 1 is 1.19 bits per heavy atom. The summed E-state index contributed by atoms with van der Waals surface area (Å²) < 4.78 is 37.1. The fourth-order valence-corrected chi connectivity index (χ4v) is 4.63. The first-order chi connectivity index (χ1) is 12.3. The first-order valence-electron chi connectivity index (χ1n) is 8.95. The fraction of sp³-hybridized carbons (Fsp3) is 0.611. The molecule has 0 spiro atoms.